The molecule has 0 N–H and O–H groups in total. The first-order valence-electron chi connectivity index (χ1n) is 8.77. The van der Waals surface area contributed by atoms with Crippen LogP contribution in [0, 0.1) is 11.8 Å². The Morgan fingerprint density at radius 3 is 2.54 bits per heavy atom. The summed E-state index contributed by atoms with van der Waals surface area (Å²) in [5.41, 5.74) is 0.755. The Kier molecular flexibility index (Phi) is 4.96. The Hall–Kier alpha value is -2.09. The molecule has 3 rings (SSSR count). The van der Waals surface area contributed by atoms with Crippen LogP contribution in [0.4, 0.5) is 0 Å². The first-order chi connectivity index (χ1) is 12.2. The van der Waals surface area contributed by atoms with Gasteiger partial charge in [-0.1, -0.05) is 13.8 Å². The van der Waals surface area contributed by atoms with Crippen molar-refractivity contribution in [2.45, 2.75) is 31.6 Å². The molecule has 2 unspecified atom stereocenters. The summed E-state index contributed by atoms with van der Waals surface area (Å²) in [5, 5.41) is 0. The fraction of sp³-hybridized carbons (Fsp3) is 0.556. The van der Waals surface area contributed by atoms with Crippen molar-refractivity contribution in [3.05, 3.63) is 28.7 Å². The summed E-state index contributed by atoms with van der Waals surface area (Å²) in [4.78, 5) is 25.8. The number of rotatable bonds is 4. The second kappa shape index (κ2) is 6.90. The van der Waals surface area contributed by atoms with Crippen LogP contribution in [0.3, 0.4) is 0 Å². The highest BCUT2D eigenvalue weighted by Crippen LogP contribution is 2.23. The standard InChI is InChI=1S/C18H24N2O5S/c1-12-8-13(2)11-20(10-12)17(21)6-7-26(23,24)14-4-5-15-16(9-14)25-18(22)19(15)3/h4-5,9,12-13H,6-8,10-11H2,1-3H3. The number of carbonyl (C=O) groups is 1. The predicted molar refractivity (Wildman–Crippen MR) is 97.6 cm³/mol. The Balaban J connectivity index is 1.72. The van der Waals surface area contributed by atoms with Crippen molar-refractivity contribution < 1.29 is 17.6 Å². The number of oxazole rings is 1. The zero-order valence-electron chi connectivity index (χ0n) is 15.3. The number of carbonyl (C=O) groups excluding carboxylic acids is 1. The third-order valence-corrected chi connectivity index (χ3v) is 6.64. The lowest BCUT2D eigenvalue weighted by atomic mass is 9.92. The third kappa shape index (κ3) is 3.70. The second-order valence-electron chi connectivity index (χ2n) is 7.37. The van der Waals surface area contributed by atoms with Gasteiger partial charge in [0, 0.05) is 32.6 Å². The number of sulfone groups is 1. The molecule has 2 heterocycles. The van der Waals surface area contributed by atoms with E-state index in [0.717, 1.165) is 6.42 Å². The van der Waals surface area contributed by atoms with Crippen LogP contribution in [-0.4, -0.2) is 42.6 Å². The number of nitrogens with zero attached hydrogens (tertiary/aromatic N) is 2. The van der Waals surface area contributed by atoms with E-state index in [1.54, 1.807) is 18.0 Å². The fourth-order valence-electron chi connectivity index (χ4n) is 3.67. The molecule has 1 fully saturated rings. The normalized spacial score (nSPS) is 21.3. The molecule has 7 nitrogen and oxygen atoms in total. The maximum atomic E-state index is 12.6. The summed E-state index contributed by atoms with van der Waals surface area (Å²) in [6, 6.07) is 4.34. The van der Waals surface area contributed by atoms with Gasteiger partial charge < -0.3 is 9.32 Å². The number of piperidine rings is 1. The molecule has 0 aliphatic carbocycles. The highest BCUT2D eigenvalue weighted by atomic mass is 32.2. The van der Waals surface area contributed by atoms with Gasteiger partial charge in [0.1, 0.15) is 0 Å². The van der Waals surface area contributed by atoms with Gasteiger partial charge in [0.05, 0.1) is 16.2 Å². The van der Waals surface area contributed by atoms with E-state index >= 15 is 0 Å². The molecule has 1 saturated heterocycles. The van der Waals surface area contributed by atoms with E-state index in [1.807, 2.05) is 0 Å². The molecular formula is C18H24N2O5S. The number of aryl methyl sites for hydroxylation is 1. The van der Waals surface area contributed by atoms with Crippen LogP contribution in [-0.2, 0) is 21.7 Å². The topological polar surface area (TPSA) is 89.6 Å². The highest BCUT2D eigenvalue weighted by Gasteiger charge is 2.27. The minimum atomic E-state index is -3.63. The van der Waals surface area contributed by atoms with Gasteiger partial charge in [0.15, 0.2) is 15.4 Å². The van der Waals surface area contributed by atoms with E-state index in [2.05, 4.69) is 13.8 Å². The van der Waals surface area contributed by atoms with Gasteiger partial charge >= 0.3 is 5.76 Å². The van der Waals surface area contributed by atoms with E-state index in [0.29, 0.717) is 30.4 Å². The summed E-state index contributed by atoms with van der Waals surface area (Å²) in [5.74, 6) is -0.0593. The van der Waals surface area contributed by atoms with Gasteiger partial charge in [-0.15, -0.1) is 0 Å². The molecule has 1 aliphatic heterocycles. The van der Waals surface area contributed by atoms with Crippen LogP contribution < -0.4 is 5.76 Å². The zero-order valence-corrected chi connectivity index (χ0v) is 16.1. The molecule has 1 aromatic carbocycles. The van der Waals surface area contributed by atoms with Crippen LogP contribution in [0.25, 0.3) is 11.1 Å². The lowest BCUT2D eigenvalue weighted by Crippen LogP contribution is -2.43. The molecule has 0 saturated carbocycles. The molecule has 8 heteroatoms. The number of benzene rings is 1. The van der Waals surface area contributed by atoms with Crippen LogP contribution in [0.1, 0.15) is 26.7 Å². The lowest BCUT2D eigenvalue weighted by Gasteiger charge is -2.35. The van der Waals surface area contributed by atoms with Crippen LogP contribution in [0.5, 0.6) is 0 Å². The Bertz CT molecular complexity index is 979. The van der Waals surface area contributed by atoms with Gasteiger partial charge in [0.25, 0.3) is 0 Å². The molecule has 0 spiro atoms. The van der Waals surface area contributed by atoms with Crippen molar-refractivity contribution in [2.75, 3.05) is 18.8 Å². The average molecular weight is 380 g/mol. The molecule has 142 valence electrons. The Labute approximate surface area is 152 Å². The van der Waals surface area contributed by atoms with Gasteiger partial charge in [-0.2, -0.15) is 0 Å². The van der Waals surface area contributed by atoms with Crippen molar-refractivity contribution in [3.63, 3.8) is 0 Å². The Morgan fingerprint density at radius 2 is 1.88 bits per heavy atom. The maximum absolute atomic E-state index is 12.6. The Morgan fingerprint density at radius 1 is 1.23 bits per heavy atom. The number of hydrogen-bond acceptors (Lipinski definition) is 5. The van der Waals surface area contributed by atoms with E-state index < -0.39 is 15.6 Å². The molecule has 1 aromatic heterocycles. The van der Waals surface area contributed by atoms with E-state index in [4.69, 9.17) is 4.42 Å². The fourth-order valence-corrected chi connectivity index (χ4v) is 4.91. The summed E-state index contributed by atoms with van der Waals surface area (Å²) in [6.07, 6.45) is 1.04. The summed E-state index contributed by atoms with van der Waals surface area (Å²) >= 11 is 0. The van der Waals surface area contributed by atoms with Crippen molar-refractivity contribution in [3.8, 4) is 0 Å². The van der Waals surface area contributed by atoms with Gasteiger partial charge in [-0.25, -0.2) is 13.2 Å². The molecule has 0 bridgehead atoms. The van der Waals surface area contributed by atoms with Gasteiger partial charge in [-0.05, 0) is 30.4 Å². The summed E-state index contributed by atoms with van der Waals surface area (Å²) < 4.78 is 31.5. The monoisotopic (exact) mass is 380 g/mol. The lowest BCUT2D eigenvalue weighted by molar-refractivity contribution is -0.133. The highest BCUT2D eigenvalue weighted by molar-refractivity contribution is 7.91. The first kappa shape index (κ1) is 18.7. The van der Waals surface area contributed by atoms with Crippen molar-refractivity contribution in [2.24, 2.45) is 18.9 Å². The summed E-state index contributed by atoms with van der Waals surface area (Å²) in [6.45, 7) is 5.58. The second-order valence-corrected chi connectivity index (χ2v) is 9.48. The molecule has 2 atom stereocenters. The number of likely N-dealkylation sites (tertiary alicyclic amines) is 1. The quantitative estimate of drug-likeness (QED) is 0.807. The first-order valence-corrected chi connectivity index (χ1v) is 10.4. The summed E-state index contributed by atoms with van der Waals surface area (Å²) in [7, 11) is -2.08. The van der Waals surface area contributed by atoms with Gasteiger partial charge in [-0.3, -0.25) is 9.36 Å². The minimum Gasteiger partial charge on any atom is -0.408 e. The van der Waals surface area contributed by atoms with E-state index in [-0.39, 0.29) is 28.6 Å². The minimum absolute atomic E-state index is 0.0431. The number of amides is 1. The van der Waals surface area contributed by atoms with Gasteiger partial charge in [0.2, 0.25) is 5.91 Å². The van der Waals surface area contributed by atoms with E-state index in [1.165, 1.54) is 16.7 Å². The molecule has 2 aromatic rings. The molecule has 26 heavy (non-hydrogen) atoms. The number of fused-ring (bicyclic) bond motifs is 1. The molecule has 0 radical (unpaired) electrons. The third-order valence-electron chi connectivity index (χ3n) is 4.93. The van der Waals surface area contributed by atoms with E-state index in [9.17, 15) is 18.0 Å². The van der Waals surface area contributed by atoms with Crippen LogP contribution in [0.15, 0.2) is 32.3 Å². The van der Waals surface area contributed by atoms with Crippen molar-refractivity contribution >= 4 is 26.8 Å². The SMILES string of the molecule is CC1CC(C)CN(C(=O)CCS(=O)(=O)c2ccc3c(c2)oc(=O)n3C)C1. The number of hydrogen-bond donors (Lipinski definition) is 0. The molecule has 1 amide bonds. The predicted octanol–water partition coefficient (Wildman–Crippen LogP) is 1.80. The average Bonchev–Trinajstić information content (AvgIpc) is 2.86. The number of aromatic nitrogens is 1. The largest absolute Gasteiger partial charge is 0.419 e. The van der Waals surface area contributed by atoms with Crippen molar-refractivity contribution in [1.29, 1.82) is 0 Å². The van der Waals surface area contributed by atoms with Crippen molar-refractivity contribution in [1.82, 2.24) is 9.47 Å². The molecular weight excluding hydrogens is 356 g/mol. The zero-order chi connectivity index (χ0) is 19.1. The maximum Gasteiger partial charge on any atom is 0.419 e. The smallest absolute Gasteiger partial charge is 0.408 e. The molecule has 1 aliphatic rings. The van der Waals surface area contributed by atoms with Crippen LogP contribution >= 0.6 is 0 Å². The van der Waals surface area contributed by atoms with Crippen LogP contribution in [0.2, 0.25) is 0 Å².